The molecule has 0 aliphatic heterocycles. The minimum absolute atomic E-state index is 0.294. The van der Waals surface area contributed by atoms with E-state index in [1.807, 2.05) is 6.92 Å². The summed E-state index contributed by atoms with van der Waals surface area (Å²) in [7, 11) is 0. The van der Waals surface area contributed by atoms with E-state index in [4.69, 9.17) is 11.6 Å². The Bertz CT molecular complexity index is 92.3. The number of hydrogen-bond donors (Lipinski definition) is 0. The summed E-state index contributed by atoms with van der Waals surface area (Å²) in [4.78, 5) is 9.60. The zero-order chi connectivity index (χ0) is 5.70. The second-order valence-corrected chi connectivity index (χ2v) is 1.71. The van der Waals surface area contributed by atoms with Crippen LogP contribution in [0.25, 0.3) is 0 Å². The summed E-state index contributed by atoms with van der Waals surface area (Å²) in [5, 5.41) is 0.294. The maximum absolute atomic E-state index is 9.60. The van der Waals surface area contributed by atoms with Gasteiger partial charge in [-0.25, -0.2) is 4.79 Å². The summed E-state index contributed by atoms with van der Waals surface area (Å²) in [6.07, 6.45) is 1.57. The molecule has 7 heavy (non-hydrogen) atoms. The molecule has 0 amide bonds. The van der Waals surface area contributed by atoms with Gasteiger partial charge in [0.1, 0.15) is 11.0 Å². The first-order chi connectivity index (χ1) is 3.31. The average molecular weight is 119 g/mol. The van der Waals surface area contributed by atoms with Crippen LogP contribution in [-0.4, -0.2) is 5.94 Å². The van der Waals surface area contributed by atoms with Crippen molar-refractivity contribution >= 4 is 17.5 Å². The van der Waals surface area contributed by atoms with E-state index < -0.39 is 0 Å². The number of carbonyl (C=O) groups excluding carboxylic acids is 1. The van der Waals surface area contributed by atoms with Gasteiger partial charge in [-0.05, 0) is 6.42 Å². The lowest BCUT2D eigenvalue weighted by Crippen LogP contribution is -1.68. The van der Waals surface area contributed by atoms with Gasteiger partial charge < -0.3 is 0 Å². The first-order valence-corrected chi connectivity index (χ1v) is 2.58. The molecule has 0 aliphatic carbocycles. The molecule has 0 aromatic heterocycles. The molecule has 40 valence electrons. The highest BCUT2D eigenvalue weighted by Crippen LogP contribution is 2.03. The lowest BCUT2D eigenvalue weighted by atomic mass is 10.3. The van der Waals surface area contributed by atoms with E-state index in [9.17, 15) is 4.79 Å². The van der Waals surface area contributed by atoms with Crippen molar-refractivity contribution in [2.45, 2.75) is 19.8 Å². The van der Waals surface area contributed by atoms with Crippen molar-refractivity contribution in [1.29, 1.82) is 0 Å². The van der Waals surface area contributed by atoms with E-state index in [1.165, 1.54) is 0 Å². The predicted octanol–water partition coefficient (Wildman–Crippen LogP) is 1.74. The largest absolute Gasteiger partial charge is 0.232 e. The van der Waals surface area contributed by atoms with Gasteiger partial charge in [-0.2, -0.15) is 0 Å². The molecule has 0 aliphatic rings. The molecule has 1 nitrogen and oxygen atoms in total. The molecule has 0 aromatic rings. The Balaban J connectivity index is 3.37. The van der Waals surface area contributed by atoms with Gasteiger partial charge in [0.15, 0.2) is 0 Å². The highest BCUT2D eigenvalue weighted by atomic mass is 35.5. The van der Waals surface area contributed by atoms with E-state index in [2.05, 4.69) is 0 Å². The minimum Gasteiger partial charge on any atom is -0.232 e. The molecule has 0 fully saturated rings. The topological polar surface area (TPSA) is 17.1 Å². The molecule has 0 rings (SSSR count). The Morgan fingerprint density at radius 3 is 2.57 bits per heavy atom. The van der Waals surface area contributed by atoms with Gasteiger partial charge in [-0.15, -0.1) is 0 Å². The average Bonchev–Trinajstić information content (AvgIpc) is 1.68. The molecule has 0 saturated carbocycles. The summed E-state index contributed by atoms with van der Waals surface area (Å²) < 4.78 is 0. The van der Waals surface area contributed by atoms with Gasteiger partial charge in [-0.1, -0.05) is 24.9 Å². The summed E-state index contributed by atoms with van der Waals surface area (Å²) in [5.41, 5.74) is 0. The molecular weight excluding hydrogens is 112 g/mol. The maximum Gasteiger partial charge on any atom is 0.140 e. The Morgan fingerprint density at radius 1 is 1.86 bits per heavy atom. The molecule has 0 unspecified atom stereocenters. The van der Waals surface area contributed by atoms with Gasteiger partial charge in [0.25, 0.3) is 0 Å². The van der Waals surface area contributed by atoms with E-state index in [1.54, 1.807) is 5.94 Å². The number of allylic oxidation sites excluding steroid dienone is 1. The zero-order valence-electron chi connectivity index (χ0n) is 4.20. The van der Waals surface area contributed by atoms with Crippen molar-refractivity contribution in [2.24, 2.45) is 0 Å². The Morgan fingerprint density at radius 2 is 2.43 bits per heavy atom. The van der Waals surface area contributed by atoms with Crippen molar-refractivity contribution in [1.82, 2.24) is 0 Å². The van der Waals surface area contributed by atoms with Gasteiger partial charge in [-0.3, -0.25) is 0 Å². The third-order valence-corrected chi connectivity index (χ3v) is 0.846. The van der Waals surface area contributed by atoms with Crippen molar-refractivity contribution in [2.75, 3.05) is 0 Å². The first kappa shape index (κ1) is 6.74. The summed E-state index contributed by atoms with van der Waals surface area (Å²) in [6, 6.07) is 0. The third-order valence-electron chi connectivity index (χ3n) is 0.580. The molecule has 0 saturated heterocycles. The van der Waals surface area contributed by atoms with Crippen molar-refractivity contribution < 1.29 is 4.79 Å². The van der Waals surface area contributed by atoms with Crippen molar-refractivity contribution in [3.05, 3.63) is 5.03 Å². The van der Waals surface area contributed by atoms with Crippen LogP contribution in [0.1, 0.15) is 19.8 Å². The standard InChI is InChI=1S/C5H7ClO/c1-2-3-5(6)4-7/h2-3H2,1H3. The third kappa shape index (κ3) is 3.57. The van der Waals surface area contributed by atoms with Gasteiger partial charge >= 0.3 is 0 Å². The lowest BCUT2D eigenvalue weighted by Gasteiger charge is -1.81. The molecule has 0 radical (unpaired) electrons. The number of halogens is 1. The predicted molar refractivity (Wildman–Crippen MR) is 30.0 cm³/mol. The smallest absolute Gasteiger partial charge is 0.140 e. The molecule has 2 heteroatoms. The van der Waals surface area contributed by atoms with Crippen LogP contribution in [0.2, 0.25) is 0 Å². The highest BCUT2D eigenvalue weighted by molar-refractivity contribution is 6.33. The molecule has 0 atom stereocenters. The SMILES string of the molecule is CCCC(Cl)=C=O. The van der Waals surface area contributed by atoms with Crippen LogP contribution in [0.4, 0.5) is 0 Å². The molecule has 0 N–H and O–H groups in total. The van der Waals surface area contributed by atoms with Crippen LogP contribution in [-0.2, 0) is 4.79 Å². The van der Waals surface area contributed by atoms with E-state index >= 15 is 0 Å². The van der Waals surface area contributed by atoms with Crippen molar-refractivity contribution in [3.63, 3.8) is 0 Å². The van der Waals surface area contributed by atoms with Crippen LogP contribution in [0.5, 0.6) is 0 Å². The Hall–Kier alpha value is -0.260. The summed E-state index contributed by atoms with van der Waals surface area (Å²) >= 11 is 5.26. The number of hydrogen-bond acceptors (Lipinski definition) is 1. The number of rotatable bonds is 2. The maximum atomic E-state index is 9.60. The van der Waals surface area contributed by atoms with Crippen molar-refractivity contribution in [3.8, 4) is 0 Å². The Kier molecular flexibility index (Phi) is 3.77. The molecule has 0 aromatic carbocycles. The summed E-state index contributed by atoms with van der Waals surface area (Å²) in [5.74, 6) is 1.60. The van der Waals surface area contributed by atoms with Crippen LogP contribution < -0.4 is 0 Å². The lowest BCUT2D eigenvalue weighted by molar-refractivity contribution is 0.567. The quantitative estimate of drug-likeness (QED) is 0.505. The van der Waals surface area contributed by atoms with Gasteiger partial charge in [0.2, 0.25) is 0 Å². The van der Waals surface area contributed by atoms with E-state index in [0.29, 0.717) is 11.5 Å². The minimum atomic E-state index is 0.294. The van der Waals surface area contributed by atoms with E-state index in [0.717, 1.165) is 6.42 Å². The normalized spacial score (nSPS) is 7.71. The van der Waals surface area contributed by atoms with Crippen LogP contribution in [0.3, 0.4) is 0 Å². The molecule has 0 bridgehead atoms. The van der Waals surface area contributed by atoms with E-state index in [-0.39, 0.29) is 0 Å². The molecule has 0 spiro atoms. The second kappa shape index (κ2) is 3.91. The van der Waals surface area contributed by atoms with Gasteiger partial charge in [0, 0.05) is 0 Å². The van der Waals surface area contributed by atoms with Gasteiger partial charge in [0.05, 0.1) is 0 Å². The monoisotopic (exact) mass is 118 g/mol. The van der Waals surface area contributed by atoms with Crippen LogP contribution in [0.15, 0.2) is 5.03 Å². The van der Waals surface area contributed by atoms with Crippen LogP contribution >= 0.6 is 11.6 Å². The first-order valence-electron chi connectivity index (χ1n) is 2.20. The fraction of sp³-hybridized carbons (Fsp3) is 0.600. The highest BCUT2D eigenvalue weighted by Gasteiger charge is 1.85. The van der Waals surface area contributed by atoms with Crippen LogP contribution in [0, 0.1) is 0 Å². The fourth-order valence-corrected chi connectivity index (χ4v) is 0.460. The second-order valence-electron chi connectivity index (χ2n) is 1.26. The Labute approximate surface area is 48.0 Å². The summed E-state index contributed by atoms with van der Waals surface area (Å²) in [6.45, 7) is 1.96. The fourth-order valence-electron chi connectivity index (χ4n) is 0.271. The molecular formula is C5H7ClO. The zero-order valence-corrected chi connectivity index (χ0v) is 4.96. The molecule has 0 heterocycles.